The van der Waals surface area contributed by atoms with Crippen molar-refractivity contribution in [2.45, 2.75) is 20.4 Å². The molecule has 6 heteroatoms. The van der Waals surface area contributed by atoms with Crippen molar-refractivity contribution in [1.29, 1.82) is 0 Å². The highest BCUT2D eigenvalue weighted by atomic mass is 16.2. The maximum absolute atomic E-state index is 12.6. The summed E-state index contributed by atoms with van der Waals surface area (Å²) < 4.78 is 2.63. The topological polar surface area (TPSA) is 59.6 Å². The van der Waals surface area contributed by atoms with Gasteiger partial charge in [0.25, 0.3) is 0 Å². The van der Waals surface area contributed by atoms with Crippen LogP contribution in [-0.2, 0) is 11.3 Å². The van der Waals surface area contributed by atoms with Gasteiger partial charge in [-0.3, -0.25) is 9.20 Å². The molecule has 0 atom stereocenters. The van der Waals surface area contributed by atoms with Crippen molar-refractivity contribution in [3.63, 3.8) is 0 Å². The maximum atomic E-state index is 12.6. The average molecular weight is 310 g/mol. The van der Waals surface area contributed by atoms with E-state index in [-0.39, 0.29) is 18.1 Å². The lowest BCUT2D eigenvalue weighted by atomic mass is 10.2. The second kappa shape index (κ2) is 6.08. The van der Waals surface area contributed by atoms with Gasteiger partial charge in [-0.05, 0) is 37.6 Å². The zero-order chi connectivity index (χ0) is 16.4. The Balaban J connectivity index is 1.92. The molecule has 0 saturated carbocycles. The van der Waals surface area contributed by atoms with Gasteiger partial charge in [0, 0.05) is 18.4 Å². The van der Waals surface area contributed by atoms with Crippen molar-refractivity contribution in [3.05, 3.63) is 64.7 Å². The van der Waals surface area contributed by atoms with Crippen LogP contribution < -0.4 is 10.6 Å². The summed E-state index contributed by atoms with van der Waals surface area (Å²) in [5.41, 5.74) is 2.10. The number of aryl methyl sites for hydroxylation is 1. The van der Waals surface area contributed by atoms with Crippen LogP contribution >= 0.6 is 0 Å². The number of pyridine rings is 1. The fourth-order valence-electron chi connectivity index (χ4n) is 2.63. The minimum Gasteiger partial charge on any atom is -0.311 e. The summed E-state index contributed by atoms with van der Waals surface area (Å²) in [4.78, 5) is 26.6. The van der Waals surface area contributed by atoms with Gasteiger partial charge in [0.15, 0.2) is 5.65 Å². The molecule has 0 spiro atoms. The number of rotatable bonds is 4. The van der Waals surface area contributed by atoms with Crippen molar-refractivity contribution in [3.8, 4) is 0 Å². The molecule has 2 heterocycles. The number of aromatic nitrogens is 3. The minimum atomic E-state index is -0.310. The summed E-state index contributed by atoms with van der Waals surface area (Å²) in [5.74, 6) is -0.160. The number of carbonyl (C=O) groups excluding carboxylic acids is 1. The van der Waals surface area contributed by atoms with Gasteiger partial charge in [-0.25, -0.2) is 9.48 Å². The number of para-hydroxylation sites is 1. The predicted molar refractivity (Wildman–Crippen MR) is 88.7 cm³/mol. The van der Waals surface area contributed by atoms with E-state index in [0.717, 1.165) is 11.3 Å². The van der Waals surface area contributed by atoms with Gasteiger partial charge < -0.3 is 4.90 Å². The number of fused-ring (bicyclic) bond motifs is 1. The van der Waals surface area contributed by atoms with E-state index in [2.05, 4.69) is 5.10 Å². The summed E-state index contributed by atoms with van der Waals surface area (Å²) in [5, 5.41) is 4.20. The van der Waals surface area contributed by atoms with E-state index in [4.69, 9.17) is 0 Å². The number of nitrogens with zero attached hydrogens (tertiary/aromatic N) is 4. The normalized spacial score (nSPS) is 10.9. The van der Waals surface area contributed by atoms with Crippen LogP contribution in [0, 0.1) is 6.92 Å². The van der Waals surface area contributed by atoms with Crippen LogP contribution in [0.1, 0.15) is 12.5 Å². The third kappa shape index (κ3) is 2.75. The molecule has 6 nitrogen and oxygen atoms in total. The van der Waals surface area contributed by atoms with Crippen LogP contribution in [0.3, 0.4) is 0 Å². The number of amides is 1. The zero-order valence-corrected chi connectivity index (χ0v) is 13.1. The van der Waals surface area contributed by atoms with Crippen LogP contribution in [0.5, 0.6) is 0 Å². The monoisotopic (exact) mass is 310 g/mol. The lowest BCUT2D eigenvalue weighted by Crippen LogP contribution is -2.37. The molecule has 0 saturated heterocycles. The summed E-state index contributed by atoms with van der Waals surface area (Å²) in [6.45, 7) is 4.33. The molecule has 3 rings (SSSR count). The van der Waals surface area contributed by atoms with Crippen molar-refractivity contribution < 1.29 is 4.79 Å². The number of anilines is 1. The summed E-state index contributed by atoms with van der Waals surface area (Å²) in [6, 6.07) is 13.0. The number of benzene rings is 1. The van der Waals surface area contributed by atoms with Crippen molar-refractivity contribution >= 4 is 17.2 Å². The van der Waals surface area contributed by atoms with E-state index in [0.29, 0.717) is 12.2 Å². The largest absolute Gasteiger partial charge is 0.350 e. The Morgan fingerprint density at radius 1 is 1.17 bits per heavy atom. The molecule has 23 heavy (non-hydrogen) atoms. The van der Waals surface area contributed by atoms with E-state index < -0.39 is 0 Å². The van der Waals surface area contributed by atoms with Gasteiger partial charge >= 0.3 is 5.69 Å². The summed E-state index contributed by atoms with van der Waals surface area (Å²) >= 11 is 0. The Labute approximate surface area is 133 Å². The van der Waals surface area contributed by atoms with E-state index in [1.54, 1.807) is 29.3 Å². The molecule has 3 aromatic rings. The number of hydrogen-bond acceptors (Lipinski definition) is 3. The van der Waals surface area contributed by atoms with Gasteiger partial charge in [-0.2, -0.15) is 0 Å². The van der Waals surface area contributed by atoms with Crippen molar-refractivity contribution in [2.75, 3.05) is 11.4 Å². The van der Waals surface area contributed by atoms with Crippen LogP contribution in [0.2, 0.25) is 0 Å². The van der Waals surface area contributed by atoms with E-state index >= 15 is 0 Å². The first kappa shape index (κ1) is 15.0. The molecule has 0 N–H and O–H groups in total. The Hall–Kier alpha value is -2.89. The molecule has 1 amide bonds. The Kier molecular flexibility index (Phi) is 3.97. The van der Waals surface area contributed by atoms with Crippen molar-refractivity contribution in [2.24, 2.45) is 0 Å². The Morgan fingerprint density at radius 3 is 2.61 bits per heavy atom. The van der Waals surface area contributed by atoms with Gasteiger partial charge in [0.1, 0.15) is 6.54 Å². The van der Waals surface area contributed by atoms with Crippen LogP contribution in [0.4, 0.5) is 5.69 Å². The quantitative estimate of drug-likeness (QED) is 0.739. The highest BCUT2D eigenvalue weighted by Gasteiger charge is 2.18. The molecule has 0 aliphatic carbocycles. The van der Waals surface area contributed by atoms with Crippen molar-refractivity contribution in [1.82, 2.24) is 14.2 Å². The SMILES string of the molecule is CCN(C(=O)Cn1nc2ccccn2c1=O)c1ccccc1C. The predicted octanol–water partition coefficient (Wildman–Crippen LogP) is 1.86. The van der Waals surface area contributed by atoms with E-state index in [1.165, 1.54) is 9.08 Å². The lowest BCUT2D eigenvalue weighted by molar-refractivity contribution is -0.119. The first-order valence-corrected chi connectivity index (χ1v) is 7.52. The molecular formula is C17H18N4O2. The first-order valence-electron chi connectivity index (χ1n) is 7.52. The molecule has 118 valence electrons. The molecule has 0 bridgehead atoms. The van der Waals surface area contributed by atoms with Gasteiger partial charge in [0.2, 0.25) is 5.91 Å². The first-order chi connectivity index (χ1) is 11.1. The molecule has 0 aliphatic heterocycles. The lowest BCUT2D eigenvalue weighted by Gasteiger charge is -2.22. The van der Waals surface area contributed by atoms with Gasteiger partial charge in [0.05, 0.1) is 0 Å². The molecular weight excluding hydrogens is 292 g/mol. The smallest absolute Gasteiger partial charge is 0.311 e. The summed E-state index contributed by atoms with van der Waals surface area (Å²) in [6.07, 6.45) is 1.64. The standard InChI is InChI=1S/C17H18N4O2/c1-3-19(14-9-5-4-8-13(14)2)16(22)12-21-17(23)20-11-7-6-10-15(20)18-21/h4-11H,3,12H2,1-2H3. The highest BCUT2D eigenvalue weighted by molar-refractivity contribution is 5.93. The second-order valence-electron chi connectivity index (χ2n) is 5.29. The third-order valence-corrected chi connectivity index (χ3v) is 3.80. The molecule has 1 aromatic carbocycles. The van der Waals surface area contributed by atoms with Crippen LogP contribution in [0.15, 0.2) is 53.5 Å². The van der Waals surface area contributed by atoms with Crippen LogP contribution in [0.25, 0.3) is 5.65 Å². The number of carbonyl (C=O) groups is 1. The molecule has 0 aliphatic rings. The third-order valence-electron chi connectivity index (χ3n) is 3.80. The Bertz CT molecular complexity index is 910. The Morgan fingerprint density at radius 2 is 1.91 bits per heavy atom. The summed E-state index contributed by atoms with van der Waals surface area (Å²) in [7, 11) is 0. The van der Waals surface area contributed by atoms with E-state index in [9.17, 15) is 9.59 Å². The second-order valence-corrected chi connectivity index (χ2v) is 5.29. The fourth-order valence-corrected chi connectivity index (χ4v) is 2.63. The number of likely N-dealkylation sites (N-methyl/N-ethyl adjacent to an activating group) is 1. The van der Waals surface area contributed by atoms with Gasteiger partial charge in [-0.15, -0.1) is 5.10 Å². The van der Waals surface area contributed by atoms with Gasteiger partial charge in [-0.1, -0.05) is 24.3 Å². The average Bonchev–Trinajstić information content (AvgIpc) is 2.86. The highest BCUT2D eigenvalue weighted by Crippen LogP contribution is 2.19. The van der Waals surface area contributed by atoms with E-state index in [1.807, 2.05) is 38.1 Å². The van der Waals surface area contributed by atoms with Crippen LogP contribution in [-0.4, -0.2) is 26.6 Å². The molecule has 0 fully saturated rings. The molecule has 2 aromatic heterocycles. The molecule has 0 unspecified atom stereocenters. The fraction of sp³-hybridized carbons (Fsp3) is 0.235. The molecule has 0 radical (unpaired) electrons. The minimum absolute atomic E-state index is 0.0807. The maximum Gasteiger partial charge on any atom is 0.350 e. The zero-order valence-electron chi connectivity index (χ0n) is 13.1. The number of hydrogen-bond donors (Lipinski definition) is 0.